The number of rotatable bonds is 10. The lowest BCUT2D eigenvalue weighted by Crippen LogP contribution is -2.58. The molecule has 1 heterocycles. The smallest absolute Gasteiger partial charge is 0.149 e. The highest BCUT2D eigenvalue weighted by atomic mass is 15.2. The SMILES string of the molecule is B/C(C#C)=C(B)/C(B)=C(/B)Cn1c2c(B)c(B)c(B)c(B)c2c2c(-c3c(B)c(B)c(B)c(-c4c(B)c(B)c(B)c(B)c4N(c4c(B)c(B)c(-c5c(B)c(B)c(B)c(B)c5B)c(B)c4B)c4c(B)c(B)c(-c5c(B)c(B)c(B)c(B)c5B)c(B)c4B)c3B)c(B)c(B)c(B)c21. The predicted molar refractivity (Wildman–Crippen MR) is 543 cm³/mol. The van der Waals surface area contributed by atoms with E-state index in [1.54, 1.807) is 0 Å². The second kappa shape index (κ2) is 26.2. The first-order valence-electron chi connectivity index (χ1n) is 34.8. The molecule has 0 bridgehead atoms. The minimum absolute atomic E-state index is 0.758. The van der Waals surface area contributed by atoms with Crippen LogP contribution in [-0.4, -0.2) is 295 Å². The van der Waals surface area contributed by atoms with Crippen LogP contribution in [0.1, 0.15) is 0 Å². The van der Waals surface area contributed by atoms with Crippen LogP contribution in [0.3, 0.4) is 0 Å². The van der Waals surface area contributed by atoms with E-state index in [0.717, 1.165) is 12.0 Å². The van der Waals surface area contributed by atoms with E-state index in [4.69, 9.17) is 6.42 Å². The summed E-state index contributed by atoms with van der Waals surface area (Å²) in [6, 6.07) is 0. The van der Waals surface area contributed by atoms with Gasteiger partial charge in [0.2, 0.25) is 0 Å². The van der Waals surface area contributed by atoms with Crippen LogP contribution in [0.2, 0.25) is 0 Å². The summed E-state index contributed by atoms with van der Waals surface area (Å²) in [6.07, 6.45) is 6.08. The molecule has 0 aliphatic carbocycles. The topological polar surface area (TPSA) is 8.17 Å². The summed E-state index contributed by atoms with van der Waals surface area (Å²) < 4.78 is 2.70. The fraction of sp³-hybridized carbons (Fsp3) is 0.0182. The monoisotopic (exact) mass is 1170 g/mol. The summed E-state index contributed by atoms with van der Waals surface area (Å²) in [5.74, 6) is 2.96. The van der Waals surface area contributed by atoms with Gasteiger partial charge in [-0.15, -0.1) is 61.1 Å². The van der Waals surface area contributed by atoms with Crippen molar-refractivity contribution in [1.29, 1.82) is 0 Å². The number of fused-ring (bicyclic) bond motifs is 3. The Morgan fingerprint density at radius 1 is 0.245 bits per heavy atom. The molecule has 39 heteroatoms. The Morgan fingerprint density at radius 3 is 0.840 bits per heavy atom. The summed E-state index contributed by atoms with van der Waals surface area (Å²) in [7, 11) is 87.7. The largest absolute Gasteiger partial charge is 0.338 e. The molecule has 0 fully saturated rings. The molecule has 0 aliphatic heterocycles. The summed E-state index contributed by atoms with van der Waals surface area (Å²) in [6.45, 7) is 0.758. The van der Waals surface area contributed by atoms with Gasteiger partial charge in [0.1, 0.15) is 290 Å². The summed E-state index contributed by atoms with van der Waals surface area (Å²) in [5.41, 5.74) is 66.9. The molecule has 9 aromatic rings. The number of benzene rings is 8. The molecule has 94 heavy (non-hydrogen) atoms. The van der Waals surface area contributed by atoms with E-state index in [9.17, 15) is 0 Å². The van der Waals surface area contributed by atoms with Crippen LogP contribution in [0.5, 0.6) is 0 Å². The van der Waals surface area contributed by atoms with Gasteiger partial charge in [-0.3, -0.25) is 0 Å². The lowest BCUT2D eigenvalue weighted by atomic mass is 9.55. The molecule has 2 nitrogen and oxygen atoms in total. The molecule has 0 N–H and O–H groups in total. The fourth-order valence-corrected chi connectivity index (χ4v) is 17.4. The van der Waals surface area contributed by atoms with Gasteiger partial charge in [0.15, 0.2) is 0 Å². The molecule has 9 rings (SSSR count). The van der Waals surface area contributed by atoms with Gasteiger partial charge in [-0.2, -0.15) is 0 Å². The highest BCUT2D eigenvalue weighted by Gasteiger charge is 2.35. The van der Waals surface area contributed by atoms with Crippen LogP contribution in [0.15, 0.2) is 21.9 Å². The zero-order chi connectivity index (χ0) is 70.6. The van der Waals surface area contributed by atoms with Crippen LogP contribution >= 0.6 is 0 Å². The summed E-state index contributed by atoms with van der Waals surface area (Å²) >= 11 is 0. The minimum Gasteiger partial charge on any atom is -0.338 e. The Balaban J connectivity index is 1.53. The third-order valence-electron chi connectivity index (χ3n) is 26.3. The lowest BCUT2D eigenvalue weighted by Gasteiger charge is -2.41. The molecule has 0 saturated carbocycles. The van der Waals surface area contributed by atoms with Gasteiger partial charge in [0.05, 0.1) is 0 Å². The van der Waals surface area contributed by atoms with E-state index in [-0.39, 0.29) is 0 Å². The molecule has 0 amide bonds. The number of hydrogen-bond donors (Lipinski definition) is 0. The van der Waals surface area contributed by atoms with Gasteiger partial charge in [-0.05, 0) is 50.0 Å². The van der Waals surface area contributed by atoms with E-state index in [2.05, 4.69) is 306 Å². The van der Waals surface area contributed by atoms with Crippen LogP contribution in [-0.2, 0) is 6.54 Å². The average Bonchev–Trinajstić information content (AvgIpc) is 1.35. The van der Waals surface area contributed by atoms with Crippen molar-refractivity contribution in [3.05, 3.63) is 21.9 Å². The highest BCUT2D eigenvalue weighted by molar-refractivity contribution is 6.77. The molecule has 0 spiro atoms. The molecule has 8 aromatic carbocycles. The number of allylic oxidation sites excluding steroid dienone is 4. The molecular weight excluding hydrogens is 1090 g/mol. The zero-order valence-electron chi connectivity index (χ0n) is 65.7. The van der Waals surface area contributed by atoms with Crippen molar-refractivity contribution in [1.82, 2.24) is 4.57 Å². The second-order valence-corrected chi connectivity index (χ2v) is 29.8. The number of aromatic nitrogens is 1. The lowest BCUT2D eigenvalue weighted by molar-refractivity contribution is 0.887. The van der Waals surface area contributed by atoms with Crippen molar-refractivity contribution in [2.24, 2.45) is 0 Å². The Bertz CT molecular complexity index is 4840. The van der Waals surface area contributed by atoms with E-state index in [0.29, 0.717) is 0 Å². The highest BCUT2D eigenvalue weighted by Crippen LogP contribution is 2.37. The molecule has 0 unspecified atom stereocenters. The standard InChI is InChI=1S/C55H77B37N2/c1-2-4(56)16(58)17(59)5(57)3-93-51-7(14-30(72)37(79)42(84)49(91)52(14)93)6(19(61)39(81)48(51)90)8-18(60)13(25(67)32(74)20(8)62)15-31(73)38(80)43(85)50(92)53(15)94(54-44(86)26(68)11(27(69)45(54)87)9-21(63)33(75)40(82)34(76)22(9)64)55-46(88)28(70)12(29(71)47(55)89)10-23(65)35(77)41(83)36(78)24(10)66/h1H,3,56-92H2/b16-4-,17-5-. The van der Waals surface area contributed by atoms with E-state index in [1.807, 2.05) is 0 Å². The quantitative estimate of drug-likeness (QED) is 0.0753. The Labute approximate surface area is 599 Å². The van der Waals surface area contributed by atoms with Crippen molar-refractivity contribution in [3.8, 4) is 56.9 Å². The predicted octanol–water partition coefficient (Wildman–Crippen LogP) is -47.0. The van der Waals surface area contributed by atoms with Crippen LogP contribution in [0.4, 0.5) is 17.1 Å². The first kappa shape index (κ1) is 73.1. The molecule has 0 radical (unpaired) electrons. The second-order valence-electron chi connectivity index (χ2n) is 29.8. The molecule has 1 aromatic heterocycles. The first-order chi connectivity index (χ1) is 43.6. The summed E-state index contributed by atoms with van der Waals surface area (Å²) in [4.78, 5) is 2.83. The van der Waals surface area contributed by atoms with Crippen LogP contribution in [0, 0.1) is 12.3 Å². The van der Waals surface area contributed by atoms with E-state index in [1.165, 1.54) is 280 Å². The van der Waals surface area contributed by atoms with E-state index >= 15 is 0 Å². The van der Waals surface area contributed by atoms with E-state index < -0.39 is 0 Å². The van der Waals surface area contributed by atoms with Crippen molar-refractivity contribution in [2.45, 2.75) is 6.54 Å². The van der Waals surface area contributed by atoms with Crippen molar-refractivity contribution in [3.63, 3.8) is 0 Å². The van der Waals surface area contributed by atoms with Gasteiger partial charge in [-0.1, -0.05) is 148 Å². The molecular formula is C55H77B37N2. The maximum atomic E-state index is 6.08. The molecule has 0 saturated heterocycles. The Kier molecular flexibility index (Phi) is 20.4. The van der Waals surface area contributed by atoms with Crippen molar-refractivity contribution in [2.75, 3.05) is 4.90 Å². The number of terminal acetylenes is 1. The van der Waals surface area contributed by atoms with Gasteiger partial charge >= 0.3 is 0 Å². The van der Waals surface area contributed by atoms with Crippen molar-refractivity contribution < 1.29 is 0 Å². The number of anilines is 3. The first-order valence-corrected chi connectivity index (χ1v) is 34.8. The maximum Gasteiger partial charge on any atom is 0.149 e. The van der Waals surface area contributed by atoms with Gasteiger partial charge in [0.25, 0.3) is 0 Å². The van der Waals surface area contributed by atoms with Gasteiger partial charge in [-0.25, -0.2) is 0 Å². The third-order valence-corrected chi connectivity index (χ3v) is 26.3. The van der Waals surface area contributed by atoms with Gasteiger partial charge in [0, 0.05) is 45.4 Å². The normalized spacial score (nSPS) is 12.1. The molecule has 418 valence electrons. The maximum absolute atomic E-state index is 6.08. The number of hydrogen-bond acceptors (Lipinski definition) is 1. The minimum atomic E-state index is 0.758. The number of nitrogens with zero attached hydrogens (tertiary/aromatic N) is 2. The van der Waals surface area contributed by atoms with Crippen LogP contribution in [0.25, 0.3) is 66.3 Å². The Morgan fingerprint density at radius 2 is 0.479 bits per heavy atom. The average molecular weight is 1170 g/mol. The third kappa shape index (κ3) is 10.7. The molecule has 0 aliphatic rings. The fourth-order valence-electron chi connectivity index (χ4n) is 17.4. The molecule has 0 atom stereocenters. The van der Waals surface area contributed by atoms with Crippen molar-refractivity contribution >= 4 is 509 Å². The Hall–Kier alpha value is -5.20. The summed E-state index contributed by atoms with van der Waals surface area (Å²) in [5, 5.41) is 2.75. The van der Waals surface area contributed by atoms with Gasteiger partial charge < -0.3 is 9.47 Å². The zero-order valence-corrected chi connectivity index (χ0v) is 65.7. The van der Waals surface area contributed by atoms with Crippen LogP contribution < -0.4 is 185 Å².